The van der Waals surface area contributed by atoms with Crippen molar-refractivity contribution < 1.29 is 4.74 Å². The Morgan fingerprint density at radius 1 is 1.00 bits per heavy atom. The molecule has 0 saturated carbocycles. The Hall–Kier alpha value is -2.79. The van der Waals surface area contributed by atoms with Crippen molar-refractivity contribution >= 4 is 21.6 Å². The number of benzene rings is 1. The summed E-state index contributed by atoms with van der Waals surface area (Å²) in [5.41, 5.74) is 5.12. The molecule has 0 saturated heterocycles. The van der Waals surface area contributed by atoms with Gasteiger partial charge in [0.1, 0.15) is 4.83 Å². The number of ether oxygens (including phenoxy) is 1. The van der Waals surface area contributed by atoms with Crippen molar-refractivity contribution in [3.05, 3.63) is 70.4 Å². The van der Waals surface area contributed by atoms with Crippen LogP contribution in [-0.4, -0.2) is 21.6 Å². The molecule has 3 heterocycles. The first-order valence-corrected chi connectivity index (χ1v) is 11.5. The maximum Gasteiger partial charge on any atom is 0.226 e. The number of fused-ring (bicyclic) bond motifs is 3. The van der Waals surface area contributed by atoms with E-state index in [4.69, 9.17) is 14.7 Å². The van der Waals surface area contributed by atoms with Gasteiger partial charge in [0.2, 0.25) is 5.88 Å². The maximum absolute atomic E-state index is 6.31. The molecule has 152 valence electrons. The summed E-state index contributed by atoms with van der Waals surface area (Å²) in [6.45, 7) is 2.82. The Morgan fingerprint density at radius 3 is 2.70 bits per heavy atom. The van der Waals surface area contributed by atoms with Crippen LogP contribution in [0.15, 0.2) is 48.8 Å². The van der Waals surface area contributed by atoms with Gasteiger partial charge in [-0.25, -0.2) is 4.98 Å². The lowest BCUT2D eigenvalue weighted by molar-refractivity contribution is 0.303. The van der Waals surface area contributed by atoms with Crippen molar-refractivity contribution in [2.45, 2.75) is 45.4 Å². The molecule has 0 unspecified atom stereocenters. The molecule has 0 spiro atoms. The highest BCUT2D eigenvalue weighted by Gasteiger charge is 2.22. The molecule has 4 nitrogen and oxygen atoms in total. The molecular weight excluding hydrogens is 390 g/mol. The second kappa shape index (κ2) is 8.52. The van der Waals surface area contributed by atoms with Crippen LogP contribution in [0.2, 0.25) is 0 Å². The van der Waals surface area contributed by atoms with Gasteiger partial charge < -0.3 is 4.74 Å². The van der Waals surface area contributed by atoms with Crippen molar-refractivity contribution in [3.8, 4) is 17.3 Å². The van der Waals surface area contributed by atoms with Gasteiger partial charge in [0.05, 0.1) is 12.0 Å². The lowest BCUT2D eigenvalue weighted by Gasteiger charge is -2.13. The van der Waals surface area contributed by atoms with Crippen molar-refractivity contribution in [2.75, 3.05) is 6.61 Å². The number of aromatic nitrogens is 3. The van der Waals surface area contributed by atoms with Crippen LogP contribution < -0.4 is 4.74 Å². The number of hydrogen-bond donors (Lipinski definition) is 0. The monoisotopic (exact) mass is 415 g/mol. The summed E-state index contributed by atoms with van der Waals surface area (Å²) in [6, 6.07) is 12.5. The molecular formula is C25H25N3OS. The van der Waals surface area contributed by atoms with E-state index in [0.29, 0.717) is 6.61 Å². The summed E-state index contributed by atoms with van der Waals surface area (Å²) in [4.78, 5) is 16.4. The van der Waals surface area contributed by atoms with E-state index in [1.807, 2.05) is 23.5 Å². The number of nitrogens with zero attached hydrogens (tertiary/aromatic N) is 3. The fraction of sp³-hybridized carbons (Fsp3) is 0.320. The minimum atomic E-state index is 0.654. The standard InChI is InChI=1S/C25H25N3OS/c1-17-7-2-3-8-18(17)9-6-16-29-24-22-20-10-4-5-11-21(20)30-25(22)28-23(27-24)19-12-14-26-15-13-19/h2-3,7-8,12-15H,4-6,9-11,16H2,1H3. The first kappa shape index (κ1) is 19.2. The fourth-order valence-electron chi connectivity index (χ4n) is 4.18. The molecule has 0 bridgehead atoms. The number of aryl methyl sites for hydroxylation is 4. The number of rotatable bonds is 6. The Balaban J connectivity index is 1.44. The summed E-state index contributed by atoms with van der Waals surface area (Å²) < 4.78 is 6.31. The van der Waals surface area contributed by atoms with E-state index >= 15 is 0 Å². The van der Waals surface area contributed by atoms with Crippen LogP contribution in [-0.2, 0) is 19.3 Å². The maximum atomic E-state index is 6.31. The third kappa shape index (κ3) is 3.82. The van der Waals surface area contributed by atoms with Crippen molar-refractivity contribution in [3.63, 3.8) is 0 Å². The van der Waals surface area contributed by atoms with E-state index in [0.717, 1.165) is 53.2 Å². The lowest BCUT2D eigenvalue weighted by Crippen LogP contribution is -2.05. The predicted molar refractivity (Wildman–Crippen MR) is 122 cm³/mol. The van der Waals surface area contributed by atoms with Crippen LogP contribution in [0.3, 0.4) is 0 Å². The molecule has 0 radical (unpaired) electrons. The van der Waals surface area contributed by atoms with E-state index in [1.54, 1.807) is 12.4 Å². The highest BCUT2D eigenvalue weighted by atomic mass is 32.1. The Morgan fingerprint density at radius 2 is 1.83 bits per heavy atom. The quantitative estimate of drug-likeness (QED) is 0.365. The highest BCUT2D eigenvalue weighted by Crippen LogP contribution is 2.40. The van der Waals surface area contributed by atoms with Gasteiger partial charge in [0, 0.05) is 22.8 Å². The van der Waals surface area contributed by atoms with Crippen LogP contribution in [0, 0.1) is 6.92 Å². The smallest absolute Gasteiger partial charge is 0.226 e. The largest absolute Gasteiger partial charge is 0.477 e. The van der Waals surface area contributed by atoms with Gasteiger partial charge in [0.25, 0.3) is 0 Å². The summed E-state index contributed by atoms with van der Waals surface area (Å²) in [5.74, 6) is 1.47. The second-order valence-corrected chi connectivity index (χ2v) is 8.94. The van der Waals surface area contributed by atoms with Crippen molar-refractivity contribution in [1.82, 2.24) is 15.0 Å². The summed E-state index contributed by atoms with van der Waals surface area (Å²) in [7, 11) is 0. The highest BCUT2D eigenvalue weighted by molar-refractivity contribution is 7.18. The molecule has 0 aliphatic heterocycles. The molecule has 4 aromatic rings. The van der Waals surface area contributed by atoms with E-state index < -0.39 is 0 Å². The van der Waals surface area contributed by atoms with Gasteiger partial charge >= 0.3 is 0 Å². The van der Waals surface area contributed by atoms with Crippen LogP contribution in [0.1, 0.15) is 40.8 Å². The van der Waals surface area contributed by atoms with Gasteiger partial charge in [0.15, 0.2) is 5.82 Å². The third-order valence-corrected chi connectivity index (χ3v) is 7.00. The van der Waals surface area contributed by atoms with Gasteiger partial charge in [-0.3, -0.25) is 4.98 Å². The minimum Gasteiger partial charge on any atom is -0.477 e. The third-order valence-electron chi connectivity index (χ3n) is 5.81. The summed E-state index contributed by atoms with van der Waals surface area (Å²) in [5, 5.41) is 1.14. The van der Waals surface area contributed by atoms with E-state index in [-0.39, 0.29) is 0 Å². The topological polar surface area (TPSA) is 47.9 Å². The van der Waals surface area contributed by atoms with Gasteiger partial charge in [-0.15, -0.1) is 11.3 Å². The van der Waals surface area contributed by atoms with Gasteiger partial charge in [-0.1, -0.05) is 24.3 Å². The molecule has 5 rings (SSSR count). The second-order valence-electron chi connectivity index (χ2n) is 7.86. The average Bonchev–Trinajstić information content (AvgIpc) is 3.17. The van der Waals surface area contributed by atoms with Gasteiger partial charge in [-0.05, 0) is 74.3 Å². The molecule has 0 amide bonds. The van der Waals surface area contributed by atoms with Crippen LogP contribution in [0.4, 0.5) is 0 Å². The Bertz CT molecular complexity index is 1170. The molecule has 0 fully saturated rings. The molecule has 1 aromatic carbocycles. The average molecular weight is 416 g/mol. The first-order valence-electron chi connectivity index (χ1n) is 10.7. The predicted octanol–water partition coefficient (Wildman–Crippen LogP) is 5.95. The SMILES string of the molecule is Cc1ccccc1CCCOc1nc(-c2ccncc2)nc2sc3c(c12)CCCC3. The molecule has 0 N–H and O–H groups in total. The fourth-order valence-corrected chi connectivity index (χ4v) is 5.43. The van der Waals surface area contributed by atoms with E-state index in [1.165, 1.54) is 34.4 Å². The molecule has 0 atom stereocenters. The number of pyridine rings is 1. The van der Waals surface area contributed by atoms with Crippen molar-refractivity contribution in [1.29, 1.82) is 0 Å². The molecule has 5 heteroatoms. The lowest BCUT2D eigenvalue weighted by atomic mass is 9.97. The molecule has 1 aliphatic carbocycles. The minimum absolute atomic E-state index is 0.654. The van der Waals surface area contributed by atoms with E-state index in [2.05, 4.69) is 36.2 Å². The normalized spacial score (nSPS) is 13.4. The summed E-state index contributed by atoms with van der Waals surface area (Å²) in [6.07, 6.45) is 10.3. The Labute approximate surface area is 181 Å². The first-order chi connectivity index (χ1) is 14.8. The Kier molecular flexibility index (Phi) is 5.45. The molecule has 1 aliphatic rings. The number of thiophene rings is 1. The summed E-state index contributed by atoms with van der Waals surface area (Å²) >= 11 is 1.81. The zero-order valence-corrected chi connectivity index (χ0v) is 18.0. The van der Waals surface area contributed by atoms with E-state index in [9.17, 15) is 0 Å². The molecule has 30 heavy (non-hydrogen) atoms. The van der Waals surface area contributed by atoms with Crippen LogP contribution in [0.25, 0.3) is 21.6 Å². The zero-order chi connectivity index (χ0) is 20.3. The van der Waals surface area contributed by atoms with Gasteiger partial charge in [-0.2, -0.15) is 4.98 Å². The molecule has 3 aromatic heterocycles. The number of hydrogen-bond acceptors (Lipinski definition) is 5. The van der Waals surface area contributed by atoms with Crippen LogP contribution >= 0.6 is 11.3 Å². The van der Waals surface area contributed by atoms with Crippen molar-refractivity contribution in [2.24, 2.45) is 0 Å². The van der Waals surface area contributed by atoms with Crippen LogP contribution in [0.5, 0.6) is 5.88 Å². The zero-order valence-electron chi connectivity index (χ0n) is 17.2.